The summed E-state index contributed by atoms with van der Waals surface area (Å²) in [4.78, 5) is 17.6. The van der Waals surface area contributed by atoms with Crippen molar-refractivity contribution < 1.29 is 14.3 Å². The highest BCUT2D eigenvalue weighted by atomic mass is 35.5. The Labute approximate surface area is 227 Å². The Morgan fingerprint density at radius 1 is 0.842 bits per heavy atom. The van der Waals surface area contributed by atoms with E-state index in [1.54, 1.807) is 18.2 Å². The Morgan fingerprint density at radius 3 is 1.95 bits per heavy atom. The standard InChI is InChI=1S/C29H30ClN5O3/c1-3-37-25-14-7-22(8-15-25)19-31-28-33-29(32-20-23-9-16-26(17-10-23)38-4-2)35(34-28)27(36)18-11-21-5-12-24(30)13-6-21/h5-18H,3-4,19-20H2,1-2H3,(H2,31,32,33,34)/b18-11+. The average Bonchev–Trinajstić information content (AvgIpc) is 3.35. The number of carbonyl (C=O) groups is 1. The van der Waals surface area contributed by atoms with Crippen molar-refractivity contribution in [3.05, 3.63) is 101 Å². The number of allylic oxidation sites excluding steroid dienone is 1. The smallest absolute Gasteiger partial charge is 0.274 e. The molecule has 1 heterocycles. The zero-order chi connectivity index (χ0) is 26.7. The molecule has 9 heteroatoms. The number of benzene rings is 3. The number of hydrogen-bond donors (Lipinski definition) is 2. The van der Waals surface area contributed by atoms with E-state index in [4.69, 9.17) is 21.1 Å². The number of ether oxygens (including phenoxy) is 2. The zero-order valence-electron chi connectivity index (χ0n) is 21.4. The van der Waals surface area contributed by atoms with Crippen molar-refractivity contribution in [3.63, 3.8) is 0 Å². The van der Waals surface area contributed by atoms with Crippen LogP contribution in [0.3, 0.4) is 0 Å². The molecule has 0 saturated heterocycles. The van der Waals surface area contributed by atoms with E-state index in [0.29, 0.717) is 43.2 Å². The third-order valence-corrected chi connectivity index (χ3v) is 5.73. The molecule has 0 amide bonds. The van der Waals surface area contributed by atoms with Gasteiger partial charge in [-0.05, 0) is 73.0 Å². The molecule has 0 bridgehead atoms. The van der Waals surface area contributed by atoms with E-state index < -0.39 is 0 Å². The van der Waals surface area contributed by atoms with Crippen molar-refractivity contribution >= 4 is 35.5 Å². The molecule has 38 heavy (non-hydrogen) atoms. The fourth-order valence-electron chi connectivity index (χ4n) is 3.57. The maximum absolute atomic E-state index is 13.1. The summed E-state index contributed by atoms with van der Waals surface area (Å²) >= 11 is 5.96. The average molecular weight is 532 g/mol. The van der Waals surface area contributed by atoms with Gasteiger partial charge in [-0.1, -0.05) is 48.0 Å². The molecule has 1 aromatic heterocycles. The van der Waals surface area contributed by atoms with Crippen LogP contribution < -0.4 is 20.1 Å². The Bertz CT molecular complexity index is 1350. The molecule has 0 aliphatic heterocycles. The van der Waals surface area contributed by atoms with Crippen LogP contribution in [0.15, 0.2) is 78.9 Å². The number of nitrogens with zero attached hydrogens (tertiary/aromatic N) is 3. The SMILES string of the molecule is CCOc1ccc(CNc2nc(NCc3ccc(OCC)cc3)n(C(=O)/C=C/c3ccc(Cl)cc3)n2)cc1. The van der Waals surface area contributed by atoms with Crippen molar-refractivity contribution in [1.82, 2.24) is 14.8 Å². The van der Waals surface area contributed by atoms with Gasteiger partial charge in [-0.2, -0.15) is 9.67 Å². The van der Waals surface area contributed by atoms with Crippen LogP contribution >= 0.6 is 11.6 Å². The van der Waals surface area contributed by atoms with Crippen LogP contribution in [-0.2, 0) is 13.1 Å². The Morgan fingerprint density at radius 2 is 1.39 bits per heavy atom. The maximum Gasteiger partial charge on any atom is 0.274 e. The van der Waals surface area contributed by atoms with Gasteiger partial charge in [-0.3, -0.25) is 4.79 Å². The Kier molecular flexibility index (Phi) is 9.37. The molecule has 0 aliphatic rings. The minimum Gasteiger partial charge on any atom is -0.494 e. The second-order valence-corrected chi connectivity index (χ2v) is 8.69. The molecular weight excluding hydrogens is 502 g/mol. The highest BCUT2D eigenvalue weighted by molar-refractivity contribution is 6.30. The summed E-state index contributed by atoms with van der Waals surface area (Å²) < 4.78 is 12.3. The van der Waals surface area contributed by atoms with Gasteiger partial charge in [0.15, 0.2) is 0 Å². The number of rotatable bonds is 12. The predicted octanol–water partition coefficient (Wildman–Crippen LogP) is 6.31. The molecule has 196 valence electrons. The summed E-state index contributed by atoms with van der Waals surface area (Å²) in [6, 6.07) is 22.7. The molecule has 4 aromatic rings. The van der Waals surface area contributed by atoms with Crippen molar-refractivity contribution in [1.29, 1.82) is 0 Å². The third kappa shape index (κ3) is 7.60. The van der Waals surface area contributed by atoms with Gasteiger partial charge in [0.25, 0.3) is 5.91 Å². The van der Waals surface area contributed by atoms with Crippen molar-refractivity contribution in [3.8, 4) is 11.5 Å². The Hall–Kier alpha value is -4.30. The first-order chi connectivity index (χ1) is 18.5. The minimum absolute atomic E-state index is 0.332. The lowest BCUT2D eigenvalue weighted by Crippen LogP contribution is -2.14. The molecule has 2 N–H and O–H groups in total. The van der Waals surface area contributed by atoms with E-state index in [1.807, 2.05) is 74.5 Å². The Balaban J connectivity index is 1.49. The van der Waals surface area contributed by atoms with E-state index in [9.17, 15) is 4.79 Å². The largest absolute Gasteiger partial charge is 0.494 e. The number of hydrogen-bond acceptors (Lipinski definition) is 7. The van der Waals surface area contributed by atoms with Gasteiger partial charge in [0, 0.05) is 24.2 Å². The van der Waals surface area contributed by atoms with Gasteiger partial charge in [-0.15, -0.1) is 5.10 Å². The van der Waals surface area contributed by atoms with Crippen LogP contribution in [0.2, 0.25) is 5.02 Å². The molecule has 8 nitrogen and oxygen atoms in total. The second kappa shape index (κ2) is 13.3. The predicted molar refractivity (Wildman–Crippen MR) is 151 cm³/mol. The molecule has 0 unspecified atom stereocenters. The molecule has 3 aromatic carbocycles. The van der Waals surface area contributed by atoms with Crippen molar-refractivity contribution in [2.75, 3.05) is 23.8 Å². The molecule has 0 saturated carbocycles. The summed E-state index contributed by atoms with van der Waals surface area (Å²) in [7, 11) is 0. The van der Waals surface area contributed by atoms with Gasteiger partial charge in [0.2, 0.25) is 11.9 Å². The summed E-state index contributed by atoms with van der Waals surface area (Å²) in [6.07, 6.45) is 3.17. The third-order valence-electron chi connectivity index (χ3n) is 5.47. The first kappa shape index (κ1) is 26.8. The monoisotopic (exact) mass is 531 g/mol. The number of carbonyl (C=O) groups excluding carboxylic acids is 1. The fourth-order valence-corrected chi connectivity index (χ4v) is 3.70. The van der Waals surface area contributed by atoms with Gasteiger partial charge in [0.1, 0.15) is 11.5 Å². The summed E-state index contributed by atoms with van der Waals surface area (Å²) in [5.74, 6) is 1.95. The molecule has 0 fully saturated rings. The van der Waals surface area contributed by atoms with Crippen molar-refractivity contribution in [2.45, 2.75) is 26.9 Å². The molecule has 4 rings (SSSR count). The molecule has 0 atom stereocenters. The van der Waals surface area contributed by atoms with Gasteiger partial charge in [-0.25, -0.2) is 0 Å². The normalized spacial score (nSPS) is 10.9. The summed E-state index contributed by atoms with van der Waals surface area (Å²) in [5.41, 5.74) is 2.89. The molecular formula is C29H30ClN5O3. The van der Waals surface area contributed by atoms with Crippen molar-refractivity contribution in [2.24, 2.45) is 0 Å². The topological polar surface area (TPSA) is 90.3 Å². The minimum atomic E-state index is -0.337. The maximum atomic E-state index is 13.1. The fraction of sp³-hybridized carbons (Fsp3) is 0.207. The summed E-state index contributed by atoms with van der Waals surface area (Å²) in [5, 5.41) is 11.5. The number of halogens is 1. The van der Waals surface area contributed by atoms with E-state index >= 15 is 0 Å². The number of nitrogens with one attached hydrogen (secondary N) is 2. The van der Waals surface area contributed by atoms with E-state index in [1.165, 1.54) is 10.8 Å². The van der Waals surface area contributed by atoms with E-state index in [0.717, 1.165) is 28.2 Å². The van der Waals surface area contributed by atoms with Gasteiger partial charge < -0.3 is 20.1 Å². The van der Waals surface area contributed by atoms with Crippen LogP contribution in [0.4, 0.5) is 11.9 Å². The molecule has 0 aliphatic carbocycles. The van der Waals surface area contributed by atoms with E-state index in [2.05, 4.69) is 20.7 Å². The van der Waals surface area contributed by atoms with Crippen LogP contribution in [0.5, 0.6) is 11.5 Å². The quantitative estimate of drug-likeness (QED) is 0.207. The lowest BCUT2D eigenvalue weighted by molar-refractivity contribution is 0.0957. The lowest BCUT2D eigenvalue weighted by Gasteiger charge is -2.07. The number of anilines is 2. The van der Waals surface area contributed by atoms with Crippen LogP contribution in [-0.4, -0.2) is 33.9 Å². The first-order valence-electron chi connectivity index (χ1n) is 12.4. The van der Waals surface area contributed by atoms with E-state index in [-0.39, 0.29) is 5.91 Å². The van der Waals surface area contributed by atoms with Crippen LogP contribution in [0.1, 0.15) is 35.3 Å². The van der Waals surface area contributed by atoms with Gasteiger partial charge in [0.05, 0.1) is 13.2 Å². The van der Waals surface area contributed by atoms with Crippen LogP contribution in [0, 0.1) is 0 Å². The molecule has 0 spiro atoms. The highest BCUT2D eigenvalue weighted by Crippen LogP contribution is 2.17. The zero-order valence-corrected chi connectivity index (χ0v) is 22.1. The highest BCUT2D eigenvalue weighted by Gasteiger charge is 2.15. The second-order valence-electron chi connectivity index (χ2n) is 8.25. The molecule has 0 radical (unpaired) electrons. The van der Waals surface area contributed by atoms with Crippen LogP contribution in [0.25, 0.3) is 6.08 Å². The number of aromatic nitrogens is 3. The first-order valence-corrected chi connectivity index (χ1v) is 12.8. The van der Waals surface area contributed by atoms with Gasteiger partial charge >= 0.3 is 0 Å². The lowest BCUT2D eigenvalue weighted by atomic mass is 10.2. The summed E-state index contributed by atoms with van der Waals surface area (Å²) in [6.45, 7) is 6.07.